The number of fused-ring (bicyclic) bond motifs is 1. The number of rotatable bonds is 2. The predicted molar refractivity (Wildman–Crippen MR) is 97.3 cm³/mol. The third-order valence-electron chi connectivity index (χ3n) is 6.70. The van der Waals surface area contributed by atoms with Gasteiger partial charge in [0.15, 0.2) is 17.3 Å². The summed E-state index contributed by atoms with van der Waals surface area (Å²) in [5.74, 6) is 1.12. The molecule has 2 fully saturated rings. The molecule has 1 unspecified atom stereocenters. The monoisotopic (exact) mass is 409 g/mol. The van der Waals surface area contributed by atoms with Crippen LogP contribution in [0.2, 0.25) is 0 Å². The number of Topliss-reactive ketones (excluding diaryl/α,β-unsaturated/α-hetero) is 1. The number of hydrogen-bond donors (Lipinski definition) is 1. The molecule has 0 aromatic heterocycles. The van der Waals surface area contributed by atoms with E-state index in [1.165, 1.54) is 0 Å². The predicted octanol–water partition coefficient (Wildman–Crippen LogP) is 2.66. The van der Waals surface area contributed by atoms with E-state index >= 15 is 0 Å². The lowest BCUT2D eigenvalue weighted by Gasteiger charge is -2.58. The molecule has 0 radical (unpaired) electrons. The highest BCUT2D eigenvalue weighted by Crippen LogP contribution is 2.59. The van der Waals surface area contributed by atoms with E-state index in [4.69, 9.17) is 9.47 Å². The Hall–Kier alpha value is -1.11. The van der Waals surface area contributed by atoms with E-state index < -0.39 is 0 Å². The fraction of sp³-hybridized carbons (Fsp3) is 0.632. The van der Waals surface area contributed by atoms with Crippen molar-refractivity contribution in [2.24, 2.45) is 5.92 Å². The molecular weight excluding hydrogens is 386 g/mol. The van der Waals surface area contributed by atoms with Gasteiger partial charge in [-0.1, -0.05) is 15.9 Å². The Kier molecular flexibility index (Phi) is 4.13. The largest absolute Gasteiger partial charge is 0.504 e. The fourth-order valence-electron chi connectivity index (χ4n) is 5.47. The summed E-state index contributed by atoms with van der Waals surface area (Å²) in [6, 6.07) is 2.19. The lowest BCUT2D eigenvalue weighted by Crippen LogP contribution is -2.63. The molecule has 6 heteroatoms. The van der Waals surface area contributed by atoms with Crippen molar-refractivity contribution in [3.05, 3.63) is 21.7 Å². The van der Waals surface area contributed by atoms with E-state index in [2.05, 4.69) is 27.9 Å². The van der Waals surface area contributed by atoms with Gasteiger partial charge >= 0.3 is 0 Å². The zero-order valence-electron chi connectivity index (χ0n) is 14.8. The summed E-state index contributed by atoms with van der Waals surface area (Å²) in [5.41, 5.74) is 1.73. The Morgan fingerprint density at radius 1 is 1.40 bits per heavy atom. The standard InChI is InChI=1S/C19H24BrNO4/c1-21-5-4-19-9-14(22)15(24-2)7-11(19)13(21)6-10-12(20)8-16(25-3)18(23)17(10)19/h8,11,13,15,23H,4-7,9H2,1-3H3/t11-,13+,15?,19-/m1/s1. The number of likely N-dealkylation sites (N-methyl/N-ethyl adjacent to an activating group) is 1. The number of phenolic OH excluding ortho intramolecular Hbond substituents is 1. The number of piperidine rings is 1. The molecule has 1 saturated carbocycles. The Labute approximate surface area is 156 Å². The van der Waals surface area contributed by atoms with Gasteiger partial charge in [-0.2, -0.15) is 0 Å². The average molecular weight is 410 g/mol. The van der Waals surface area contributed by atoms with Gasteiger partial charge in [0.2, 0.25) is 0 Å². The van der Waals surface area contributed by atoms with Gasteiger partial charge in [-0.3, -0.25) is 4.79 Å². The highest BCUT2D eigenvalue weighted by molar-refractivity contribution is 9.10. The maximum absolute atomic E-state index is 12.8. The van der Waals surface area contributed by atoms with Gasteiger partial charge in [-0.15, -0.1) is 0 Å². The van der Waals surface area contributed by atoms with Gasteiger partial charge in [0, 0.05) is 35.0 Å². The van der Waals surface area contributed by atoms with Gasteiger partial charge < -0.3 is 19.5 Å². The summed E-state index contributed by atoms with van der Waals surface area (Å²) in [5, 5.41) is 11.0. The van der Waals surface area contributed by atoms with Crippen molar-refractivity contribution in [2.45, 2.75) is 43.2 Å². The van der Waals surface area contributed by atoms with E-state index in [1.54, 1.807) is 14.2 Å². The summed E-state index contributed by atoms with van der Waals surface area (Å²) in [7, 11) is 5.35. The van der Waals surface area contributed by atoms with Gasteiger partial charge in [0.1, 0.15) is 6.10 Å². The van der Waals surface area contributed by atoms with Crippen LogP contribution in [0.25, 0.3) is 0 Å². The van der Waals surface area contributed by atoms with Crippen molar-refractivity contribution in [1.29, 1.82) is 0 Å². The van der Waals surface area contributed by atoms with Crippen LogP contribution >= 0.6 is 15.9 Å². The molecule has 3 aliphatic rings. The lowest BCUT2D eigenvalue weighted by atomic mass is 9.51. The number of methoxy groups -OCH3 is 2. The van der Waals surface area contributed by atoms with Crippen molar-refractivity contribution in [3.63, 3.8) is 0 Å². The molecule has 1 aromatic rings. The molecule has 1 aliphatic heterocycles. The van der Waals surface area contributed by atoms with Crippen LogP contribution in [-0.2, 0) is 21.4 Å². The van der Waals surface area contributed by atoms with Crippen molar-refractivity contribution < 1.29 is 19.4 Å². The van der Waals surface area contributed by atoms with E-state index in [0.29, 0.717) is 24.1 Å². The maximum atomic E-state index is 12.8. The van der Waals surface area contributed by atoms with E-state index in [1.807, 2.05) is 6.07 Å². The third-order valence-corrected chi connectivity index (χ3v) is 7.41. The number of benzene rings is 1. The van der Waals surface area contributed by atoms with Gasteiger partial charge in [0.25, 0.3) is 0 Å². The lowest BCUT2D eigenvalue weighted by molar-refractivity contribution is -0.141. The summed E-state index contributed by atoms with van der Waals surface area (Å²) in [6.45, 7) is 0.930. The molecule has 1 N–H and O–H groups in total. The number of halogens is 1. The molecule has 5 nitrogen and oxygen atoms in total. The van der Waals surface area contributed by atoms with Crippen molar-refractivity contribution in [3.8, 4) is 11.5 Å². The molecular formula is C19H24BrNO4. The average Bonchev–Trinajstić information content (AvgIpc) is 2.59. The van der Waals surface area contributed by atoms with Crippen LogP contribution in [0.3, 0.4) is 0 Å². The molecule has 2 bridgehead atoms. The van der Waals surface area contributed by atoms with E-state index in [0.717, 1.165) is 41.4 Å². The zero-order chi connectivity index (χ0) is 17.9. The van der Waals surface area contributed by atoms with Crippen LogP contribution < -0.4 is 4.74 Å². The molecule has 0 spiro atoms. The van der Waals surface area contributed by atoms with Crippen LogP contribution in [0.1, 0.15) is 30.4 Å². The summed E-state index contributed by atoms with van der Waals surface area (Å²) >= 11 is 3.67. The van der Waals surface area contributed by atoms with Crippen LogP contribution in [-0.4, -0.2) is 55.7 Å². The SMILES string of the molecule is COc1cc(Br)c2c(c1O)[C@@]13CCN(C)[C@@H](C2)[C@H]1CC(OC)C(=O)C3. The second kappa shape index (κ2) is 5.96. The minimum absolute atomic E-state index is 0.147. The molecule has 25 heavy (non-hydrogen) atoms. The first-order chi connectivity index (χ1) is 11.9. The van der Waals surface area contributed by atoms with Gasteiger partial charge in [-0.05, 0) is 50.4 Å². The number of hydrogen-bond acceptors (Lipinski definition) is 5. The molecule has 1 saturated heterocycles. The summed E-state index contributed by atoms with van der Waals surface area (Å²) in [6.07, 6.45) is 2.55. The number of nitrogens with zero attached hydrogens (tertiary/aromatic N) is 1. The number of likely N-dealkylation sites (tertiary alicyclic amines) is 1. The zero-order valence-corrected chi connectivity index (χ0v) is 16.4. The quantitative estimate of drug-likeness (QED) is 0.813. The van der Waals surface area contributed by atoms with Crippen LogP contribution in [0.15, 0.2) is 10.5 Å². The van der Waals surface area contributed by atoms with Gasteiger partial charge in [-0.25, -0.2) is 0 Å². The topological polar surface area (TPSA) is 59.0 Å². The molecule has 1 aromatic carbocycles. The maximum Gasteiger partial charge on any atom is 0.162 e. The summed E-state index contributed by atoms with van der Waals surface area (Å²) in [4.78, 5) is 15.2. The molecule has 136 valence electrons. The van der Waals surface area contributed by atoms with Crippen LogP contribution in [0.5, 0.6) is 11.5 Å². The Bertz CT molecular complexity index is 737. The second-order valence-corrected chi connectivity index (χ2v) is 8.48. The van der Waals surface area contributed by atoms with Crippen LogP contribution in [0, 0.1) is 5.92 Å². The number of ether oxygens (including phenoxy) is 2. The number of aromatic hydroxyl groups is 1. The second-order valence-electron chi connectivity index (χ2n) is 7.63. The van der Waals surface area contributed by atoms with E-state index in [-0.39, 0.29) is 23.1 Å². The Morgan fingerprint density at radius 3 is 2.84 bits per heavy atom. The fourth-order valence-corrected chi connectivity index (χ4v) is 6.04. The molecule has 1 heterocycles. The highest BCUT2D eigenvalue weighted by Gasteiger charge is 2.58. The first kappa shape index (κ1) is 17.3. The smallest absolute Gasteiger partial charge is 0.162 e. The Morgan fingerprint density at radius 2 is 2.16 bits per heavy atom. The minimum Gasteiger partial charge on any atom is -0.504 e. The summed E-state index contributed by atoms with van der Waals surface area (Å²) < 4.78 is 11.8. The van der Waals surface area contributed by atoms with Gasteiger partial charge in [0.05, 0.1) is 7.11 Å². The molecule has 4 rings (SSSR count). The number of carbonyl (C=O) groups excluding carboxylic acids is 1. The molecule has 0 amide bonds. The first-order valence-electron chi connectivity index (χ1n) is 8.77. The van der Waals surface area contributed by atoms with Crippen molar-refractivity contribution >= 4 is 21.7 Å². The molecule has 2 aliphatic carbocycles. The number of ketones is 1. The third kappa shape index (κ3) is 2.30. The van der Waals surface area contributed by atoms with Crippen LogP contribution in [0.4, 0.5) is 0 Å². The molecule has 4 atom stereocenters. The first-order valence-corrected chi connectivity index (χ1v) is 9.56. The highest BCUT2D eigenvalue weighted by atomic mass is 79.9. The number of carbonyl (C=O) groups is 1. The number of phenols is 1. The van der Waals surface area contributed by atoms with Crippen molar-refractivity contribution in [1.82, 2.24) is 4.90 Å². The Balaban J connectivity index is 1.95. The minimum atomic E-state index is -0.329. The normalized spacial score (nSPS) is 34.4. The van der Waals surface area contributed by atoms with E-state index in [9.17, 15) is 9.90 Å². The van der Waals surface area contributed by atoms with Crippen molar-refractivity contribution in [2.75, 3.05) is 27.8 Å².